The van der Waals surface area contributed by atoms with E-state index in [0.29, 0.717) is 12.0 Å². The topological polar surface area (TPSA) is 55.2 Å². The standard InChI is InChI=1S/C16H24N2O2/c1-11-7-8-12(2)16(9-11)17-13(3)14-5-4-6-15(10-14)18(19)20/h4-6,10-13,16-17H,7-9H2,1-3H3. The first-order chi connectivity index (χ1) is 9.47. The summed E-state index contributed by atoms with van der Waals surface area (Å²) in [6.45, 7) is 6.69. The number of nitro benzene ring substituents is 1. The second-order valence-corrected chi connectivity index (χ2v) is 6.24. The predicted octanol–water partition coefficient (Wildman–Crippen LogP) is 4.07. The van der Waals surface area contributed by atoms with Crippen molar-refractivity contribution in [1.82, 2.24) is 5.32 Å². The van der Waals surface area contributed by atoms with Gasteiger partial charge in [0.15, 0.2) is 0 Å². The van der Waals surface area contributed by atoms with Crippen LogP contribution in [0, 0.1) is 22.0 Å². The van der Waals surface area contributed by atoms with Crippen LogP contribution >= 0.6 is 0 Å². The maximum atomic E-state index is 10.8. The van der Waals surface area contributed by atoms with E-state index >= 15 is 0 Å². The van der Waals surface area contributed by atoms with Gasteiger partial charge < -0.3 is 5.32 Å². The molecule has 4 atom stereocenters. The first-order valence-corrected chi connectivity index (χ1v) is 7.47. The molecule has 1 aliphatic rings. The number of nitrogens with zero attached hydrogens (tertiary/aromatic N) is 1. The third kappa shape index (κ3) is 3.57. The molecule has 0 heterocycles. The number of non-ortho nitro benzene ring substituents is 1. The molecule has 0 aliphatic heterocycles. The zero-order valence-corrected chi connectivity index (χ0v) is 12.5. The van der Waals surface area contributed by atoms with Crippen LogP contribution in [0.15, 0.2) is 24.3 Å². The van der Waals surface area contributed by atoms with Gasteiger partial charge in [-0.1, -0.05) is 32.4 Å². The molecular formula is C16H24N2O2. The molecule has 1 aliphatic carbocycles. The highest BCUT2D eigenvalue weighted by Gasteiger charge is 2.26. The van der Waals surface area contributed by atoms with Crippen LogP contribution in [0.1, 0.15) is 51.6 Å². The van der Waals surface area contributed by atoms with E-state index < -0.39 is 0 Å². The summed E-state index contributed by atoms with van der Waals surface area (Å²) < 4.78 is 0. The highest BCUT2D eigenvalue weighted by atomic mass is 16.6. The molecule has 1 aromatic carbocycles. The highest BCUT2D eigenvalue weighted by molar-refractivity contribution is 5.35. The van der Waals surface area contributed by atoms with E-state index in [2.05, 4.69) is 26.1 Å². The molecule has 0 saturated heterocycles. The van der Waals surface area contributed by atoms with Gasteiger partial charge >= 0.3 is 0 Å². The summed E-state index contributed by atoms with van der Waals surface area (Å²) in [5.74, 6) is 1.44. The Balaban J connectivity index is 2.05. The lowest BCUT2D eigenvalue weighted by Crippen LogP contribution is -2.40. The molecule has 110 valence electrons. The first-order valence-electron chi connectivity index (χ1n) is 7.47. The number of hydrogen-bond donors (Lipinski definition) is 1. The average molecular weight is 276 g/mol. The first kappa shape index (κ1) is 15.0. The summed E-state index contributed by atoms with van der Waals surface area (Å²) in [4.78, 5) is 10.5. The molecule has 20 heavy (non-hydrogen) atoms. The van der Waals surface area contributed by atoms with Crippen molar-refractivity contribution in [1.29, 1.82) is 0 Å². The Morgan fingerprint density at radius 2 is 2.10 bits per heavy atom. The minimum atomic E-state index is -0.332. The van der Waals surface area contributed by atoms with Crippen LogP contribution in [0.4, 0.5) is 5.69 Å². The quantitative estimate of drug-likeness (QED) is 0.666. The van der Waals surface area contributed by atoms with Crippen molar-refractivity contribution in [2.24, 2.45) is 11.8 Å². The van der Waals surface area contributed by atoms with Gasteiger partial charge in [-0.25, -0.2) is 0 Å². The summed E-state index contributed by atoms with van der Waals surface area (Å²) in [6, 6.07) is 7.59. The highest BCUT2D eigenvalue weighted by Crippen LogP contribution is 2.30. The molecule has 4 unspecified atom stereocenters. The van der Waals surface area contributed by atoms with E-state index in [4.69, 9.17) is 0 Å². The summed E-state index contributed by atoms with van der Waals surface area (Å²) in [7, 11) is 0. The molecule has 1 saturated carbocycles. The van der Waals surface area contributed by atoms with Crippen molar-refractivity contribution in [3.63, 3.8) is 0 Å². The minimum Gasteiger partial charge on any atom is -0.307 e. The fraction of sp³-hybridized carbons (Fsp3) is 0.625. The Hall–Kier alpha value is -1.42. The van der Waals surface area contributed by atoms with Crippen molar-refractivity contribution >= 4 is 5.69 Å². The van der Waals surface area contributed by atoms with Crippen molar-refractivity contribution < 1.29 is 4.92 Å². The van der Waals surface area contributed by atoms with Crippen LogP contribution in [0.2, 0.25) is 0 Å². The van der Waals surface area contributed by atoms with Crippen LogP contribution < -0.4 is 5.32 Å². The van der Waals surface area contributed by atoms with Gasteiger partial charge in [-0.05, 0) is 37.2 Å². The normalized spacial score (nSPS) is 28.1. The van der Waals surface area contributed by atoms with Crippen molar-refractivity contribution in [3.8, 4) is 0 Å². The fourth-order valence-corrected chi connectivity index (χ4v) is 3.09. The molecule has 0 amide bonds. The third-order valence-electron chi connectivity index (χ3n) is 4.50. The SMILES string of the molecule is CC1CCC(C)C(NC(C)c2cccc([N+](=O)[O-])c2)C1. The monoisotopic (exact) mass is 276 g/mol. The van der Waals surface area contributed by atoms with Crippen molar-refractivity contribution in [2.45, 2.75) is 52.1 Å². The van der Waals surface area contributed by atoms with Crippen LogP contribution in [0.25, 0.3) is 0 Å². The van der Waals surface area contributed by atoms with Crippen LogP contribution in [0.5, 0.6) is 0 Å². The Morgan fingerprint density at radius 1 is 1.35 bits per heavy atom. The second kappa shape index (κ2) is 6.35. The molecule has 4 heteroatoms. The molecule has 1 N–H and O–H groups in total. The van der Waals surface area contributed by atoms with Crippen LogP contribution in [0.3, 0.4) is 0 Å². The average Bonchev–Trinajstić information content (AvgIpc) is 2.43. The van der Waals surface area contributed by atoms with Gasteiger partial charge in [0.25, 0.3) is 5.69 Å². The molecule has 1 fully saturated rings. The number of hydrogen-bond acceptors (Lipinski definition) is 3. The van der Waals surface area contributed by atoms with Crippen molar-refractivity contribution in [2.75, 3.05) is 0 Å². The summed E-state index contributed by atoms with van der Waals surface area (Å²) >= 11 is 0. The zero-order chi connectivity index (χ0) is 14.7. The van der Waals surface area contributed by atoms with Crippen LogP contribution in [-0.2, 0) is 0 Å². The Kier molecular flexibility index (Phi) is 4.76. The lowest BCUT2D eigenvalue weighted by atomic mass is 9.79. The number of nitro groups is 1. The summed E-state index contributed by atoms with van der Waals surface area (Å²) in [6.07, 6.45) is 3.77. The number of rotatable bonds is 4. The van der Waals surface area contributed by atoms with Gasteiger partial charge in [-0.3, -0.25) is 10.1 Å². The molecule has 2 rings (SSSR count). The maximum Gasteiger partial charge on any atom is 0.269 e. The molecule has 0 aromatic heterocycles. The zero-order valence-electron chi connectivity index (χ0n) is 12.5. The van der Waals surface area contributed by atoms with E-state index in [1.807, 2.05) is 6.07 Å². The van der Waals surface area contributed by atoms with Gasteiger partial charge in [0.1, 0.15) is 0 Å². The molecule has 1 aromatic rings. The van der Waals surface area contributed by atoms with Gasteiger partial charge in [0.05, 0.1) is 4.92 Å². The molecular weight excluding hydrogens is 252 g/mol. The summed E-state index contributed by atoms with van der Waals surface area (Å²) in [5, 5.41) is 14.5. The van der Waals surface area contributed by atoms with E-state index in [9.17, 15) is 10.1 Å². The number of nitrogens with one attached hydrogen (secondary N) is 1. The smallest absolute Gasteiger partial charge is 0.269 e. The van der Waals surface area contributed by atoms with Gasteiger partial charge in [-0.2, -0.15) is 0 Å². The Labute approximate surface area is 120 Å². The fourth-order valence-electron chi connectivity index (χ4n) is 3.09. The van der Waals surface area contributed by atoms with Crippen LogP contribution in [-0.4, -0.2) is 11.0 Å². The second-order valence-electron chi connectivity index (χ2n) is 6.24. The predicted molar refractivity (Wildman–Crippen MR) is 80.6 cm³/mol. The van der Waals surface area contributed by atoms with Gasteiger partial charge in [-0.15, -0.1) is 0 Å². The third-order valence-corrected chi connectivity index (χ3v) is 4.50. The lowest BCUT2D eigenvalue weighted by Gasteiger charge is -2.35. The molecule has 0 bridgehead atoms. The molecule has 0 spiro atoms. The van der Waals surface area contributed by atoms with E-state index in [-0.39, 0.29) is 16.7 Å². The Bertz CT molecular complexity index is 475. The summed E-state index contributed by atoms with van der Waals surface area (Å²) in [5.41, 5.74) is 1.16. The van der Waals surface area contributed by atoms with E-state index in [1.54, 1.807) is 18.2 Å². The maximum absolute atomic E-state index is 10.8. The van der Waals surface area contributed by atoms with E-state index in [0.717, 1.165) is 11.5 Å². The van der Waals surface area contributed by atoms with E-state index in [1.165, 1.54) is 19.3 Å². The van der Waals surface area contributed by atoms with Gasteiger partial charge in [0, 0.05) is 24.2 Å². The molecule has 0 radical (unpaired) electrons. The Morgan fingerprint density at radius 3 is 2.80 bits per heavy atom. The van der Waals surface area contributed by atoms with Crippen molar-refractivity contribution in [3.05, 3.63) is 39.9 Å². The minimum absolute atomic E-state index is 0.146. The lowest BCUT2D eigenvalue weighted by molar-refractivity contribution is -0.384. The largest absolute Gasteiger partial charge is 0.307 e. The number of benzene rings is 1. The van der Waals surface area contributed by atoms with Gasteiger partial charge in [0.2, 0.25) is 0 Å². The molecule has 4 nitrogen and oxygen atoms in total.